The second kappa shape index (κ2) is 6.43. The molecular formula is C9H15NO4S. The van der Waals surface area contributed by atoms with Crippen molar-refractivity contribution in [1.82, 2.24) is 4.72 Å². The molecule has 0 heterocycles. The second-order valence-electron chi connectivity index (χ2n) is 2.81. The molecule has 1 N–H and O–H groups in total. The Hall–Kier alpha value is -1.06. The van der Waals surface area contributed by atoms with Crippen LogP contribution in [0.5, 0.6) is 0 Å². The Balaban J connectivity index is 4.32. The molecule has 15 heavy (non-hydrogen) atoms. The summed E-state index contributed by atoms with van der Waals surface area (Å²) < 4.78 is 29.4. The van der Waals surface area contributed by atoms with Crippen molar-refractivity contribution in [3.63, 3.8) is 0 Å². The van der Waals surface area contributed by atoms with E-state index in [9.17, 15) is 13.2 Å². The van der Waals surface area contributed by atoms with Crippen molar-refractivity contribution in [3.05, 3.63) is 0 Å². The summed E-state index contributed by atoms with van der Waals surface area (Å²) in [6.45, 7) is 3.51. The minimum atomic E-state index is -3.69. The van der Waals surface area contributed by atoms with Crippen LogP contribution in [0.25, 0.3) is 0 Å². The van der Waals surface area contributed by atoms with Crippen molar-refractivity contribution in [1.29, 1.82) is 0 Å². The molecule has 0 aromatic rings. The number of esters is 1. The number of terminal acetylenes is 1. The minimum absolute atomic E-state index is 0.153. The molecule has 0 aliphatic rings. The van der Waals surface area contributed by atoms with Crippen LogP contribution in [0.2, 0.25) is 0 Å². The summed E-state index contributed by atoms with van der Waals surface area (Å²) in [6.07, 6.45) is 5.56. The average molecular weight is 233 g/mol. The van der Waals surface area contributed by atoms with Crippen molar-refractivity contribution < 1.29 is 17.9 Å². The first-order chi connectivity index (χ1) is 6.95. The van der Waals surface area contributed by atoms with Crippen LogP contribution < -0.4 is 4.72 Å². The van der Waals surface area contributed by atoms with Gasteiger partial charge >= 0.3 is 5.97 Å². The molecule has 0 rings (SSSR count). The van der Waals surface area contributed by atoms with Crippen LogP contribution in [0, 0.1) is 12.3 Å². The van der Waals surface area contributed by atoms with Crippen molar-refractivity contribution in [3.8, 4) is 12.3 Å². The number of carbonyl (C=O) groups excluding carboxylic acids is 1. The molecule has 1 unspecified atom stereocenters. The molecule has 0 radical (unpaired) electrons. The highest BCUT2D eigenvalue weighted by Gasteiger charge is 2.19. The van der Waals surface area contributed by atoms with Gasteiger partial charge in [-0.2, -0.15) is 4.72 Å². The van der Waals surface area contributed by atoms with E-state index >= 15 is 0 Å². The van der Waals surface area contributed by atoms with E-state index in [1.54, 1.807) is 13.8 Å². The molecule has 0 aromatic carbocycles. The van der Waals surface area contributed by atoms with E-state index < -0.39 is 27.8 Å². The van der Waals surface area contributed by atoms with Gasteiger partial charge in [0.15, 0.2) is 5.75 Å². The highest BCUT2D eigenvalue weighted by Crippen LogP contribution is 1.94. The van der Waals surface area contributed by atoms with Gasteiger partial charge in [0.25, 0.3) is 0 Å². The highest BCUT2D eigenvalue weighted by molar-refractivity contribution is 7.90. The fraction of sp³-hybridized carbons (Fsp3) is 0.667. The fourth-order valence-electron chi connectivity index (χ4n) is 0.851. The quantitative estimate of drug-likeness (QED) is 0.513. The van der Waals surface area contributed by atoms with Gasteiger partial charge in [0.05, 0.1) is 12.6 Å². The number of rotatable bonds is 6. The predicted molar refractivity (Wildman–Crippen MR) is 56.5 cm³/mol. The smallest absolute Gasteiger partial charge is 0.322 e. The maximum atomic E-state index is 11.3. The van der Waals surface area contributed by atoms with Gasteiger partial charge in [0.1, 0.15) is 0 Å². The van der Waals surface area contributed by atoms with E-state index in [1.165, 1.54) is 0 Å². The molecule has 86 valence electrons. The van der Waals surface area contributed by atoms with Gasteiger partial charge in [-0.3, -0.25) is 4.79 Å². The summed E-state index contributed by atoms with van der Waals surface area (Å²) in [7, 11) is -3.69. The zero-order valence-corrected chi connectivity index (χ0v) is 9.63. The fourth-order valence-corrected chi connectivity index (χ4v) is 2.00. The van der Waals surface area contributed by atoms with Crippen LogP contribution in [0.3, 0.4) is 0 Å². The number of hydrogen-bond acceptors (Lipinski definition) is 4. The summed E-state index contributed by atoms with van der Waals surface area (Å²) in [5.41, 5.74) is 0. The molecule has 0 saturated carbocycles. The lowest BCUT2D eigenvalue weighted by molar-refractivity contribution is -0.139. The summed E-state index contributed by atoms with van der Waals surface area (Å²) in [5.74, 6) is 0.795. The summed E-state index contributed by atoms with van der Waals surface area (Å²) >= 11 is 0. The number of sulfonamides is 1. The third-order valence-electron chi connectivity index (χ3n) is 1.54. The van der Waals surface area contributed by atoms with Crippen molar-refractivity contribution in [2.75, 3.05) is 12.4 Å². The lowest BCUT2D eigenvalue weighted by Crippen LogP contribution is -2.37. The molecule has 0 saturated heterocycles. The molecule has 0 aliphatic heterocycles. The third kappa shape index (κ3) is 6.10. The minimum Gasteiger partial charge on any atom is -0.465 e. The Kier molecular flexibility index (Phi) is 5.97. The van der Waals surface area contributed by atoms with Crippen molar-refractivity contribution in [2.45, 2.75) is 26.3 Å². The Morgan fingerprint density at radius 3 is 2.53 bits per heavy atom. The number of carbonyl (C=O) groups is 1. The van der Waals surface area contributed by atoms with Gasteiger partial charge in [-0.1, -0.05) is 12.8 Å². The highest BCUT2D eigenvalue weighted by atomic mass is 32.2. The summed E-state index contributed by atoms with van der Waals surface area (Å²) in [4.78, 5) is 10.9. The van der Waals surface area contributed by atoms with Crippen molar-refractivity contribution in [2.24, 2.45) is 0 Å². The van der Waals surface area contributed by atoms with Crippen LogP contribution in [0.4, 0.5) is 0 Å². The van der Waals surface area contributed by atoms with Gasteiger partial charge < -0.3 is 4.74 Å². The maximum absolute atomic E-state index is 11.3. The van der Waals surface area contributed by atoms with Crippen LogP contribution in [0.15, 0.2) is 0 Å². The van der Waals surface area contributed by atoms with Gasteiger partial charge in [-0.15, -0.1) is 6.42 Å². The molecule has 0 bridgehead atoms. The summed E-state index contributed by atoms with van der Waals surface area (Å²) in [6, 6.07) is -0.579. The Morgan fingerprint density at radius 2 is 2.13 bits per heavy atom. The number of hydrogen-bond donors (Lipinski definition) is 1. The van der Waals surface area contributed by atoms with Gasteiger partial charge in [0, 0.05) is 0 Å². The lowest BCUT2D eigenvalue weighted by Gasteiger charge is -2.10. The molecule has 1 atom stereocenters. The zero-order valence-electron chi connectivity index (χ0n) is 8.82. The molecule has 0 amide bonds. The van der Waals surface area contributed by atoms with E-state index in [2.05, 4.69) is 15.4 Å². The summed E-state index contributed by atoms with van der Waals surface area (Å²) in [5, 5.41) is 0. The number of ether oxygens (including phenoxy) is 1. The van der Waals surface area contributed by atoms with Gasteiger partial charge in [-0.05, 0) is 13.3 Å². The molecule has 6 heteroatoms. The predicted octanol–water partition coefficient (Wildman–Crippen LogP) is -0.119. The molecule has 0 spiro atoms. The van der Waals surface area contributed by atoms with Crippen LogP contribution in [-0.2, 0) is 19.6 Å². The largest absolute Gasteiger partial charge is 0.465 e. The molecule has 0 aromatic heterocycles. The standard InChI is InChI=1S/C9H15NO4S/c1-4-8(5-2)10-15(12,13)7-9(11)14-6-3/h1,8,10H,5-7H2,2-3H3. The number of nitrogens with one attached hydrogen (secondary N) is 1. The third-order valence-corrected chi connectivity index (χ3v) is 2.80. The first-order valence-corrected chi connectivity index (χ1v) is 6.22. The monoisotopic (exact) mass is 233 g/mol. The maximum Gasteiger partial charge on any atom is 0.322 e. The van der Waals surface area contributed by atoms with Gasteiger partial charge in [0.2, 0.25) is 10.0 Å². The van der Waals surface area contributed by atoms with Crippen LogP contribution in [0.1, 0.15) is 20.3 Å². The topological polar surface area (TPSA) is 72.5 Å². The normalized spacial score (nSPS) is 12.9. The molecular weight excluding hydrogens is 218 g/mol. The van der Waals surface area contributed by atoms with E-state index in [4.69, 9.17) is 6.42 Å². The molecule has 0 fully saturated rings. The first kappa shape index (κ1) is 13.9. The van der Waals surface area contributed by atoms with Crippen molar-refractivity contribution >= 4 is 16.0 Å². The SMILES string of the molecule is C#CC(CC)NS(=O)(=O)CC(=O)OCC. The Bertz CT molecular complexity index is 342. The van der Waals surface area contributed by atoms with Crippen LogP contribution in [-0.4, -0.2) is 32.8 Å². The van der Waals surface area contributed by atoms with E-state index in [1.807, 2.05) is 0 Å². The Labute approximate surface area is 90.2 Å². The van der Waals surface area contributed by atoms with E-state index in [-0.39, 0.29) is 6.61 Å². The zero-order chi connectivity index (χ0) is 11.9. The Morgan fingerprint density at radius 1 is 1.53 bits per heavy atom. The molecule has 0 aliphatic carbocycles. The first-order valence-electron chi connectivity index (χ1n) is 4.57. The van der Waals surface area contributed by atoms with E-state index in [0.717, 1.165) is 0 Å². The van der Waals surface area contributed by atoms with Gasteiger partial charge in [-0.25, -0.2) is 8.42 Å². The van der Waals surface area contributed by atoms with Crippen LogP contribution >= 0.6 is 0 Å². The average Bonchev–Trinajstić information content (AvgIpc) is 2.13. The second-order valence-corrected chi connectivity index (χ2v) is 4.56. The lowest BCUT2D eigenvalue weighted by atomic mass is 10.3. The molecule has 5 nitrogen and oxygen atoms in total. The van der Waals surface area contributed by atoms with E-state index in [0.29, 0.717) is 6.42 Å².